The highest BCUT2D eigenvalue weighted by Gasteiger charge is 2.15. The van der Waals surface area contributed by atoms with Crippen molar-refractivity contribution in [3.8, 4) is 0 Å². The second kappa shape index (κ2) is 5.90. The average Bonchev–Trinajstić information content (AvgIpc) is 2.92. The van der Waals surface area contributed by atoms with Crippen LogP contribution >= 0.6 is 0 Å². The van der Waals surface area contributed by atoms with E-state index in [4.69, 9.17) is 0 Å². The molecule has 1 aromatic heterocycles. The summed E-state index contributed by atoms with van der Waals surface area (Å²) in [5.74, 6) is -0.201. The van der Waals surface area contributed by atoms with Gasteiger partial charge in [-0.05, 0) is 18.9 Å². The third-order valence-corrected chi connectivity index (χ3v) is 3.59. The minimum Gasteiger partial charge on any atom is -0.350 e. The van der Waals surface area contributed by atoms with Gasteiger partial charge in [0.1, 0.15) is 0 Å². The summed E-state index contributed by atoms with van der Waals surface area (Å²) in [5.41, 5.74) is -0.475. The topological polar surface area (TPSA) is 73.1 Å². The van der Waals surface area contributed by atoms with Crippen LogP contribution in [0.4, 0.5) is 0 Å². The van der Waals surface area contributed by atoms with Crippen LogP contribution in [-0.4, -0.2) is 21.1 Å². The summed E-state index contributed by atoms with van der Waals surface area (Å²) in [6, 6.07) is 0.245. The number of hydrogen-bond donors (Lipinski definition) is 1. The Labute approximate surface area is 116 Å². The molecule has 0 aromatic carbocycles. The van der Waals surface area contributed by atoms with Gasteiger partial charge < -0.3 is 9.88 Å². The van der Waals surface area contributed by atoms with Crippen molar-refractivity contribution in [1.82, 2.24) is 14.5 Å². The molecule has 0 unspecified atom stereocenters. The third kappa shape index (κ3) is 3.07. The second-order valence-electron chi connectivity index (χ2n) is 5.17. The Morgan fingerprint density at radius 2 is 1.95 bits per heavy atom. The van der Waals surface area contributed by atoms with Gasteiger partial charge in [-0.1, -0.05) is 12.8 Å². The van der Waals surface area contributed by atoms with Crippen molar-refractivity contribution in [1.29, 1.82) is 0 Å². The largest absolute Gasteiger partial charge is 0.350 e. The molecule has 1 saturated carbocycles. The molecule has 108 valence electrons. The van der Waals surface area contributed by atoms with Crippen molar-refractivity contribution in [2.24, 2.45) is 14.1 Å². The summed E-state index contributed by atoms with van der Waals surface area (Å²) >= 11 is 0. The van der Waals surface area contributed by atoms with Gasteiger partial charge in [0.25, 0.3) is 5.56 Å². The van der Waals surface area contributed by atoms with E-state index in [0.29, 0.717) is 5.56 Å². The van der Waals surface area contributed by atoms with Gasteiger partial charge in [0.2, 0.25) is 5.91 Å². The molecule has 1 fully saturated rings. The molecular weight excluding hydrogens is 258 g/mol. The quantitative estimate of drug-likeness (QED) is 0.800. The van der Waals surface area contributed by atoms with E-state index in [0.717, 1.165) is 30.3 Å². The van der Waals surface area contributed by atoms with E-state index < -0.39 is 5.56 Å². The van der Waals surface area contributed by atoms with Crippen molar-refractivity contribution in [3.63, 3.8) is 0 Å². The van der Waals surface area contributed by atoms with Crippen LogP contribution in [0.5, 0.6) is 0 Å². The number of hydrogen-bond acceptors (Lipinski definition) is 3. The van der Waals surface area contributed by atoms with Crippen molar-refractivity contribution >= 4 is 12.0 Å². The molecule has 6 nitrogen and oxygen atoms in total. The normalized spacial score (nSPS) is 15.9. The summed E-state index contributed by atoms with van der Waals surface area (Å²) < 4.78 is 2.34. The SMILES string of the molecule is Cn1cc(/C=C/C(=O)NC2CCCC2)c(=O)n(C)c1=O. The molecule has 1 aliphatic rings. The van der Waals surface area contributed by atoms with Gasteiger partial charge in [-0.15, -0.1) is 0 Å². The summed E-state index contributed by atoms with van der Waals surface area (Å²) in [6.45, 7) is 0. The maximum Gasteiger partial charge on any atom is 0.330 e. The lowest BCUT2D eigenvalue weighted by Crippen LogP contribution is -2.37. The molecule has 0 saturated heterocycles. The number of nitrogens with one attached hydrogen (secondary N) is 1. The van der Waals surface area contributed by atoms with E-state index in [2.05, 4.69) is 5.32 Å². The predicted molar refractivity (Wildman–Crippen MR) is 76.4 cm³/mol. The molecule has 0 atom stereocenters. The van der Waals surface area contributed by atoms with E-state index in [1.807, 2.05) is 0 Å². The van der Waals surface area contributed by atoms with E-state index in [-0.39, 0.29) is 17.6 Å². The first-order chi connectivity index (χ1) is 9.49. The Hall–Kier alpha value is -2.11. The summed E-state index contributed by atoms with van der Waals surface area (Å²) in [5, 5.41) is 2.91. The average molecular weight is 277 g/mol. The van der Waals surface area contributed by atoms with Gasteiger partial charge >= 0.3 is 5.69 Å². The zero-order valence-corrected chi connectivity index (χ0v) is 11.8. The van der Waals surface area contributed by atoms with Gasteiger partial charge in [0.05, 0.1) is 5.56 Å². The fourth-order valence-electron chi connectivity index (χ4n) is 2.44. The first-order valence-corrected chi connectivity index (χ1v) is 6.74. The van der Waals surface area contributed by atoms with Gasteiger partial charge in [-0.2, -0.15) is 0 Å². The summed E-state index contributed by atoms with van der Waals surface area (Å²) in [4.78, 5) is 35.1. The first-order valence-electron chi connectivity index (χ1n) is 6.74. The lowest BCUT2D eigenvalue weighted by Gasteiger charge is -2.09. The second-order valence-corrected chi connectivity index (χ2v) is 5.17. The Morgan fingerprint density at radius 3 is 2.60 bits per heavy atom. The number of carbonyl (C=O) groups excluding carboxylic acids is 1. The van der Waals surface area contributed by atoms with Gasteiger partial charge in [-0.25, -0.2) is 4.79 Å². The molecular formula is C14H19N3O3. The Kier molecular flexibility index (Phi) is 4.22. The van der Waals surface area contributed by atoms with E-state index >= 15 is 0 Å². The van der Waals surface area contributed by atoms with Crippen LogP contribution in [0.1, 0.15) is 31.2 Å². The minimum atomic E-state index is -0.405. The Bertz CT molecular complexity index is 649. The summed E-state index contributed by atoms with van der Waals surface area (Å²) in [7, 11) is 2.98. The molecule has 0 spiro atoms. The maximum absolute atomic E-state index is 11.9. The minimum absolute atomic E-state index is 0.201. The van der Waals surface area contributed by atoms with Gasteiger partial charge in [0, 0.05) is 32.4 Å². The number of aryl methyl sites for hydroxylation is 1. The number of carbonyl (C=O) groups is 1. The third-order valence-electron chi connectivity index (χ3n) is 3.59. The van der Waals surface area contributed by atoms with Crippen LogP contribution in [0.3, 0.4) is 0 Å². The van der Waals surface area contributed by atoms with Crippen molar-refractivity contribution in [3.05, 3.63) is 38.7 Å². The lowest BCUT2D eigenvalue weighted by molar-refractivity contribution is -0.117. The van der Waals surface area contributed by atoms with Crippen molar-refractivity contribution < 1.29 is 4.79 Å². The standard InChI is InChI=1S/C14H19N3O3/c1-16-9-10(13(19)17(2)14(16)20)7-8-12(18)15-11-5-3-4-6-11/h7-9,11H,3-6H2,1-2H3,(H,15,18)/b8-7+. The molecule has 0 radical (unpaired) electrons. The number of nitrogens with zero attached hydrogens (tertiary/aromatic N) is 2. The fraction of sp³-hybridized carbons (Fsp3) is 0.500. The molecule has 1 aromatic rings. The van der Waals surface area contributed by atoms with E-state index in [9.17, 15) is 14.4 Å². The highest BCUT2D eigenvalue weighted by molar-refractivity contribution is 5.91. The highest BCUT2D eigenvalue weighted by Crippen LogP contribution is 2.17. The van der Waals surface area contributed by atoms with E-state index in [1.165, 1.54) is 30.0 Å². The first kappa shape index (κ1) is 14.3. The monoisotopic (exact) mass is 277 g/mol. The number of amides is 1. The lowest BCUT2D eigenvalue weighted by atomic mass is 10.2. The predicted octanol–water partition coefficient (Wildman–Crippen LogP) is 0.156. The summed E-state index contributed by atoms with van der Waals surface area (Å²) in [6.07, 6.45) is 8.56. The number of rotatable bonds is 3. The molecule has 1 N–H and O–H groups in total. The molecule has 20 heavy (non-hydrogen) atoms. The molecule has 1 amide bonds. The van der Waals surface area contributed by atoms with Crippen molar-refractivity contribution in [2.75, 3.05) is 0 Å². The molecule has 6 heteroatoms. The van der Waals surface area contributed by atoms with Crippen LogP contribution in [0.15, 0.2) is 21.9 Å². The molecule has 0 bridgehead atoms. The molecule has 0 aliphatic heterocycles. The fourth-order valence-corrected chi connectivity index (χ4v) is 2.44. The Morgan fingerprint density at radius 1 is 1.30 bits per heavy atom. The molecule has 1 aliphatic carbocycles. The van der Waals surface area contributed by atoms with Crippen LogP contribution in [0, 0.1) is 0 Å². The molecule has 2 rings (SSSR count). The highest BCUT2D eigenvalue weighted by atomic mass is 16.2. The van der Waals surface area contributed by atoms with Gasteiger partial charge in [0.15, 0.2) is 0 Å². The zero-order chi connectivity index (χ0) is 14.7. The zero-order valence-electron chi connectivity index (χ0n) is 11.8. The maximum atomic E-state index is 11.9. The van der Waals surface area contributed by atoms with Gasteiger partial charge in [-0.3, -0.25) is 14.2 Å². The van der Waals surface area contributed by atoms with Crippen molar-refractivity contribution in [2.45, 2.75) is 31.7 Å². The Balaban J connectivity index is 2.13. The van der Waals surface area contributed by atoms with Crippen LogP contribution in [0.2, 0.25) is 0 Å². The van der Waals surface area contributed by atoms with Crippen LogP contribution in [-0.2, 0) is 18.9 Å². The molecule has 1 heterocycles. The van der Waals surface area contributed by atoms with Crippen LogP contribution in [0.25, 0.3) is 6.08 Å². The van der Waals surface area contributed by atoms with E-state index in [1.54, 1.807) is 7.05 Å². The smallest absolute Gasteiger partial charge is 0.330 e. The number of aromatic nitrogens is 2. The van der Waals surface area contributed by atoms with Crippen LogP contribution < -0.4 is 16.6 Å².